The van der Waals surface area contributed by atoms with Gasteiger partial charge >= 0.3 is 0 Å². The van der Waals surface area contributed by atoms with Gasteiger partial charge in [0, 0.05) is 0 Å². The fourth-order valence-corrected chi connectivity index (χ4v) is 1.53. The number of aliphatic hydroxyl groups is 1. The summed E-state index contributed by atoms with van der Waals surface area (Å²) in [4.78, 5) is 0. The van der Waals surface area contributed by atoms with Crippen LogP contribution in [0.5, 0.6) is 0 Å². The molecule has 1 nitrogen and oxygen atoms in total. The quantitative estimate of drug-likeness (QED) is 0.754. The van der Waals surface area contributed by atoms with Crippen molar-refractivity contribution in [2.45, 2.75) is 33.3 Å². The number of rotatable bonds is 3. The summed E-state index contributed by atoms with van der Waals surface area (Å²) in [5.41, 5.74) is 2.24. The lowest BCUT2D eigenvalue weighted by molar-refractivity contribution is 0.150. The molecule has 1 aromatic carbocycles. The van der Waals surface area contributed by atoms with Crippen LogP contribution in [0.25, 0.3) is 0 Å². The molecule has 0 bridgehead atoms. The Kier molecular flexibility index (Phi) is 3.49. The molecule has 0 saturated heterocycles. The molecular weight excluding hydrogens is 160 g/mol. The summed E-state index contributed by atoms with van der Waals surface area (Å²) in [6.07, 6.45) is 0.534. The largest absolute Gasteiger partial charge is 0.388 e. The first kappa shape index (κ1) is 10.3. The van der Waals surface area contributed by atoms with Gasteiger partial charge in [0.2, 0.25) is 0 Å². The van der Waals surface area contributed by atoms with E-state index in [0.717, 1.165) is 12.0 Å². The lowest BCUT2D eigenvalue weighted by Crippen LogP contribution is -2.03. The summed E-state index contributed by atoms with van der Waals surface area (Å²) >= 11 is 0. The van der Waals surface area contributed by atoms with Crippen LogP contribution in [0.1, 0.15) is 37.5 Å². The van der Waals surface area contributed by atoms with Crippen LogP contribution >= 0.6 is 0 Å². The third-order valence-electron chi connectivity index (χ3n) is 2.24. The fraction of sp³-hybridized carbons (Fsp3) is 0.500. The van der Waals surface area contributed by atoms with Crippen LogP contribution in [0.2, 0.25) is 0 Å². The third-order valence-corrected chi connectivity index (χ3v) is 2.24. The van der Waals surface area contributed by atoms with Gasteiger partial charge in [0.1, 0.15) is 0 Å². The van der Waals surface area contributed by atoms with Crippen molar-refractivity contribution in [3.8, 4) is 0 Å². The molecule has 0 radical (unpaired) electrons. The van der Waals surface area contributed by atoms with Gasteiger partial charge in [-0.15, -0.1) is 0 Å². The molecule has 13 heavy (non-hydrogen) atoms. The first-order valence-electron chi connectivity index (χ1n) is 4.85. The number of hydrogen-bond acceptors (Lipinski definition) is 1. The maximum Gasteiger partial charge on any atom is 0.0795 e. The van der Waals surface area contributed by atoms with Crippen molar-refractivity contribution in [2.75, 3.05) is 0 Å². The van der Waals surface area contributed by atoms with Crippen LogP contribution in [-0.4, -0.2) is 5.11 Å². The highest BCUT2D eigenvalue weighted by Crippen LogP contribution is 2.23. The smallest absolute Gasteiger partial charge is 0.0795 e. The Labute approximate surface area is 80.4 Å². The Morgan fingerprint density at radius 3 is 2.38 bits per heavy atom. The molecule has 1 unspecified atom stereocenters. The van der Waals surface area contributed by atoms with Crippen LogP contribution in [0.15, 0.2) is 24.3 Å². The first-order chi connectivity index (χ1) is 6.11. The zero-order chi connectivity index (χ0) is 9.84. The van der Waals surface area contributed by atoms with Crippen molar-refractivity contribution in [3.63, 3.8) is 0 Å². The molecule has 0 saturated carbocycles. The monoisotopic (exact) mass is 178 g/mol. The average molecular weight is 178 g/mol. The number of hydrogen-bond donors (Lipinski definition) is 1. The number of aryl methyl sites for hydroxylation is 1. The summed E-state index contributed by atoms with van der Waals surface area (Å²) in [7, 11) is 0. The molecule has 72 valence electrons. The van der Waals surface area contributed by atoms with Crippen molar-refractivity contribution < 1.29 is 5.11 Å². The van der Waals surface area contributed by atoms with Gasteiger partial charge in [-0.2, -0.15) is 0 Å². The zero-order valence-corrected chi connectivity index (χ0v) is 8.62. The Balaban J connectivity index is 2.76. The van der Waals surface area contributed by atoms with E-state index in [1.165, 1.54) is 5.56 Å². The molecule has 0 amide bonds. The third kappa shape index (κ3) is 2.85. The Morgan fingerprint density at radius 2 is 1.85 bits per heavy atom. The van der Waals surface area contributed by atoms with Gasteiger partial charge in [0.15, 0.2) is 0 Å². The van der Waals surface area contributed by atoms with E-state index >= 15 is 0 Å². The number of aliphatic hydroxyl groups excluding tert-OH is 1. The van der Waals surface area contributed by atoms with E-state index in [2.05, 4.69) is 13.8 Å². The van der Waals surface area contributed by atoms with Gasteiger partial charge in [-0.3, -0.25) is 0 Å². The average Bonchev–Trinajstić information content (AvgIpc) is 2.03. The summed E-state index contributed by atoms with van der Waals surface area (Å²) in [5.74, 6) is 0.537. The lowest BCUT2D eigenvalue weighted by Gasteiger charge is -2.15. The van der Waals surface area contributed by atoms with Crippen molar-refractivity contribution in [2.24, 2.45) is 5.92 Å². The van der Waals surface area contributed by atoms with Crippen LogP contribution in [0, 0.1) is 12.8 Å². The Hall–Kier alpha value is -0.820. The standard InChI is InChI=1S/C12H18O/c1-9(2)8-12(13)11-7-5-4-6-10(11)3/h4-7,9,12-13H,8H2,1-3H3. The summed E-state index contributed by atoms with van der Waals surface area (Å²) < 4.78 is 0. The van der Waals surface area contributed by atoms with E-state index in [-0.39, 0.29) is 6.10 Å². The molecule has 1 rings (SSSR count). The highest BCUT2D eigenvalue weighted by molar-refractivity contribution is 5.27. The van der Waals surface area contributed by atoms with Crippen LogP contribution in [-0.2, 0) is 0 Å². The molecule has 0 fully saturated rings. The van der Waals surface area contributed by atoms with E-state index in [1.54, 1.807) is 0 Å². The molecule has 0 aliphatic heterocycles. The second-order valence-electron chi connectivity index (χ2n) is 4.00. The molecule has 1 atom stereocenters. The molecule has 1 aromatic rings. The van der Waals surface area contributed by atoms with E-state index in [9.17, 15) is 5.11 Å². The van der Waals surface area contributed by atoms with Gasteiger partial charge in [-0.1, -0.05) is 38.1 Å². The van der Waals surface area contributed by atoms with Crippen LogP contribution in [0.3, 0.4) is 0 Å². The molecule has 1 heteroatoms. The van der Waals surface area contributed by atoms with E-state index < -0.39 is 0 Å². The summed E-state index contributed by atoms with van der Waals surface area (Å²) in [5, 5.41) is 9.87. The van der Waals surface area contributed by atoms with E-state index in [0.29, 0.717) is 5.92 Å². The topological polar surface area (TPSA) is 20.2 Å². The predicted molar refractivity (Wildman–Crippen MR) is 55.6 cm³/mol. The van der Waals surface area contributed by atoms with Gasteiger partial charge in [0.05, 0.1) is 6.10 Å². The first-order valence-corrected chi connectivity index (χ1v) is 4.85. The normalized spacial score (nSPS) is 13.3. The predicted octanol–water partition coefficient (Wildman–Crippen LogP) is 3.07. The molecular formula is C12H18O. The SMILES string of the molecule is Cc1ccccc1C(O)CC(C)C. The van der Waals surface area contributed by atoms with E-state index in [4.69, 9.17) is 0 Å². The molecule has 1 N–H and O–H groups in total. The molecule has 0 spiro atoms. The molecule has 0 aliphatic carbocycles. The highest BCUT2D eigenvalue weighted by Gasteiger charge is 2.10. The summed E-state index contributed by atoms with van der Waals surface area (Å²) in [6.45, 7) is 6.29. The highest BCUT2D eigenvalue weighted by atomic mass is 16.3. The zero-order valence-electron chi connectivity index (χ0n) is 8.62. The van der Waals surface area contributed by atoms with Crippen molar-refractivity contribution >= 4 is 0 Å². The maximum atomic E-state index is 9.87. The van der Waals surface area contributed by atoms with Gasteiger partial charge in [-0.25, -0.2) is 0 Å². The van der Waals surface area contributed by atoms with Gasteiger partial charge in [0.25, 0.3) is 0 Å². The van der Waals surface area contributed by atoms with Crippen LogP contribution < -0.4 is 0 Å². The number of benzene rings is 1. The molecule has 0 heterocycles. The molecule has 0 aromatic heterocycles. The lowest BCUT2D eigenvalue weighted by atomic mass is 9.96. The minimum Gasteiger partial charge on any atom is -0.388 e. The second-order valence-corrected chi connectivity index (χ2v) is 4.00. The van der Waals surface area contributed by atoms with Crippen molar-refractivity contribution in [1.82, 2.24) is 0 Å². The second kappa shape index (κ2) is 4.43. The van der Waals surface area contributed by atoms with E-state index in [1.807, 2.05) is 31.2 Å². The van der Waals surface area contributed by atoms with Crippen molar-refractivity contribution in [1.29, 1.82) is 0 Å². The van der Waals surface area contributed by atoms with Gasteiger partial charge in [-0.05, 0) is 30.4 Å². The fourth-order valence-electron chi connectivity index (χ4n) is 1.53. The summed E-state index contributed by atoms with van der Waals surface area (Å²) in [6, 6.07) is 8.02. The molecule has 0 aliphatic rings. The minimum atomic E-state index is -0.304. The Bertz CT molecular complexity index is 266. The van der Waals surface area contributed by atoms with Crippen molar-refractivity contribution in [3.05, 3.63) is 35.4 Å². The Morgan fingerprint density at radius 1 is 1.23 bits per heavy atom. The maximum absolute atomic E-state index is 9.87. The van der Waals surface area contributed by atoms with Crippen LogP contribution in [0.4, 0.5) is 0 Å². The van der Waals surface area contributed by atoms with Gasteiger partial charge < -0.3 is 5.11 Å². The minimum absolute atomic E-state index is 0.304.